The zero-order chi connectivity index (χ0) is 26.6. The van der Waals surface area contributed by atoms with Crippen LogP contribution in [0.1, 0.15) is 52.6 Å². The lowest BCUT2D eigenvalue weighted by Crippen LogP contribution is -2.32. The van der Waals surface area contributed by atoms with Gasteiger partial charge in [0, 0.05) is 59.7 Å². The molecule has 0 amide bonds. The Hall–Kier alpha value is -4.45. The van der Waals surface area contributed by atoms with Crippen molar-refractivity contribution in [3.8, 4) is 11.3 Å². The van der Waals surface area contributed by atoms with Gasteiger partial charge in [-0.3, -0.25) is 4.98 Å². The van der Waals surface area contributed by atoms with E-state index in [0.717, 1.165) is 58.5 Å². The molecule has 0 saturated carbocycles. The summed E-state index contributed by atoms with van der Waals surface area (Å²) in [6.45, 7) is 7.15. The number of aryl methyl sites for hydroxylation is 2. The van der Waals surface area contributed by atoms with Crippen LogP contribution in [0.4, 0.5) is 5.69 Å². The van der Waals surface area contributed by atoms with Crippen LogP contribution in [0.25, 0.3) is 22.2 Å². The zero-order valence-electron chi connectivity index (χ0n) is 22.2. The molecule has 194 valence electrons. The van der Waals surface area contributed by atoms with E-state index in [0.29, 0.717) is 5.69 Å². The molecule has 1 saturated heterocycles. The van der Waals surface area contributed by atoms with Crippen molar-refractivity contribution in [1.29, 1.82) is 0 Å². The first kappa shape index (κ1) is 23.7. The fraction of sp³-hybridized carbons (Fsp3) is 0.242. The molecule has 1 atom stereocenters. The maximum absolute atomic E-state index is 13.5. The third kappa shape index (κ3) is 3.44. The number of cyclic esters (lactones) is 1. The van der Waals surface area contributed by atoms with E-state index in [1.54, 1.807) is 12.4 Å². The van der Waals surface area contributed by atoms with Gasteiger partial charge in [-0.15, -0.1) is 0 Å². The predicted molar refractivity (Wildman–Crippen MR) is 153 cm³/mol. The molecule has 0 spiro atoms. The summed E-state index contributed by atoms with van der Waals surface area (Å²) in [6.07, 6.45) is 5.64. The van der Waals surface area contributed by atoms with Gasteiger partial charge < -0.3 is 14.2 Å². The van der Waals surface area contributed by atoms with Crippen molar-refractivity contribution < 1.29 is 9.53 Å². The summed E-state index contributed by atoms with van der Waals surface area (Å²) in [5.74, 6) is -0.450. The van der Waals surface area contributed by atoms with Crippen molar-refractivity contribution >= 4 is 22.6 Å². The molecule has 4 heterocycles. The number of carbonyl (C=O) groups is 1. The van der Waals surface area contributed by atoms with Crippen LogP contribution in [0.15, 0.2) is 85.2 Å². The molecule has 1 unspecified atom stereocenters. The summed E-state index contributed by atoms with van der Waals surface area (Å²) >= 11 is 0. The topological polar surface area (TPSA) is 60.2 Å². The molecular weight excluding hydrogens is 484 g/mol. The van der Waals surface area contributed by atoms with E-state index in [1.807, 2.05) is 24.3 Å². The van der Waals surface area contributed by atoms with Crippen molar-refractivity contribution in [1.82, 2.24) is 14.5 Å². The summed E-state index contributed by atoms with van der Waals surface area (Å²) in [5.41, 5.74) is 6.83. The fourth-order valence-electron chi connectivity index (χ4n) is 6.57. The molecule has 7 rings (SSSR count). The lowest BCUT2D eigenvalue weighted by atomic mass is 9.78. The van der Waals surface area contributed by atoms with Gasteiger partial charge in [0.2, 0.25) is 5.60 Å². The number of anilines is 1. The normalized spacial score (nSPS) is 18.5. The minimum atomic E-state index is -1.25. The molecule has 0 aliphatic carbocycles. The summed E-state index contributed by atoms with van der Waals surface area (Å²) in [7, 11) is 0. The van der Waals surface area contributed by atoms with Crippen molar-refractivity contribution in [2.45, 2.75) is 38.8 Å². The van der Waals surface area contributed by atoms with Gasteiger partial charge in [0.15, 0.2) is 5.69 Å². The second-order valence-electron chi connectivity index (χ2n) is 10.4. The van der Waals surface area contributed by atoms with Crippen LogP contribution in [0.3, 0.4) is 0 Å². The van der Waals surface area contributed by atoms with Gasteiger partial charge in [-0.25, -0.2) is 9.78 Å². The first-order chi connectivity index (χ1) is 19.1. The number of nitrogens with zero attached hydrogens (tertiary/aromatic N) is 4. The number of benzene rings is 3. The lowest BCUT2D eigenvalue weighted by molar-refractivity contribution is 0.0245. The molecule has 2 aromatic heterocycles. The Morgan fingerprint density at radius 3 is 2.44 bits per heavy atom. The second kappa shape index (κ2) is 9.09. The highest BCUT2D eigenvalue weighted by Crippen LogP contribution is 2.53. The van der Waals surface area contributed by atoms with E-state index in [-0.39, 0.29) is 5.69 Å². The number of esters is 1. The molecule has 1 fully saturated rings. The molecule has 0 radical (unpaired) electrons. The Bertz CT molecular complexity index is 1720. The monoisotopic (exact) mass is 514 g/mol. The number of hydrogen-bond donors (Lipinski definition) is 0. The average molecular weight is 515 g/mol. The van der Waals surface area contributed by atoms with E-state index >= 15 is 0 Å². The maximum Gasteiger partial charge on any atom is 0.360 e. The van der Waals surface area contributed by atoms with Crippen LogP contribution in [0.5, 0.6) is 0 Å². The average Bonchev–Trinajstić information content (AvgIpc) is 3.70. The molecule has 5 aromatic rings. The number of para-hydroxylation sites is 1. The zero-order valence-corrected chi connectivity index (χ0v) is 22.2. The van der Waals surface area contributed by atoms with Gasteiger partial charge >= 0.3 is 5.97 Å². The van der Waals surface area contributed by atoms with E-state index in [2.05, 4.69) is 76.8 Å². The molecule has 6 nitrogen and oxygen atoms in total. The smallest absolute Gasteiger partial charge is 0.360 e. The lowest BCUT2D eigenvalue weighted by Gasteiger charge is -2.32. The molecule has 6 heteroatoms. The highest BCUT2D eigenvalue weighted by Gasteiger charge is 2.54. The van der Waals surface area contributed by atoms with Crippen LogP contribution in [0, 0.1) is 6.92 Å². The van der Waals surface area contributed by atoms with Gasteiger partial charge in [0.05, 0.1) is 5.69 Å². The number of ether oxygens (including phenoxy) is 1. The summed E-state index contributed by atoms with van der Waals surface area (Å²) in [4.78, 5) is 25.2. The van der Waals surface area contributed by atoms with Crippen LogP contribution in [-0.2, 0) is 16.9 Å². The molecule has 2 aliphatic heterocycles. The maximum atomic E-state index is 13.5. The number of rotatable bonds is 5. The minimum absolute atomic E-state index is 0.271. The molecule has 39 heavy (non-hydrogen) atoms. The molecule has 0 N–H and O–H groups in total. The van der Waals surface area contributed by atoms with E-state index < -0.39 is 11.6 Å². The SMILES string of the molecule is CCn1c(-c2ccccc2)c(C2(c3ccc(N4CCCC4)cc3C)OC(=O)c3nccnc32)c2ccccc21. The van der Waals surface area contributed by atoms with E-state index in [9.17, 15) is 4.79 Å². The quantitative estimate of drug-likeness (QED) is 0.251. The second-order valence-corrected chi connectivity index (χ2v) is 10.4. The van der Waals surface area contributed by atoms with E-state index in [1.165, 1.54) is 18.5 Å². The Labute approximate surface area is 227 Å². The van der Waals surface area contributed by atoms with Gasteiger partial charge in [0.25, 0.3) is 0 Å². The van der Waals surface area contributed by atoms with Crippen molar-refractivity contribution in [3.63, 3.8) is 0 Å². The van der Waals surface area contributed by atoms with Crippen molar-refractivity contribution in [3.05, 3.63) is 113 Å². The Morgan fingerprint density at radius 1 is 0.923 bits per heavy atom. The highest BCUT2D eigenvalue weighted by atomic mass is 16.6. The van der Waals surface area contributed by atoms with Gasteiger partial charge in [-0.2, -0.15) is 0 Å². The van der Waals surface area contributed by atoms with Gasteiger partial charge in [-0.05, 0) is 56.0 Å². The Morgan fingerprint density at radius 2 is 1.67 bits per heavy atom. The van der Waals surface area contributed by atoms with Crippen LogP contribution >= 0.6 is 0 Å². The van der Waals surface area contributed by atoms with Crippen LogP contribution in [-0.4, -0.2) is 33.6 Å². The number of hydrogen-bond acceptors (Lipinski definition) is 5. The van der Waals surface area contributed by atoms with Crippen LogP contribution in [0.2, 0.25) is 0 Å². The van der Waals surface area contributed by atoms with Gasteiger partial charge in [-0.1, -0.05) is 54.6 Å². The molecule has 0 bridgehead atoms. The minimum Gasteiger partial charge on any atom is -0.438 e. The largest absolute Gasteiger partial charge is 0.438 e. The number of fused-ring (bicyclic) bond motifs is 2. The molecule has 2 aliphatic rings. The third-order valence-corrected chi connectivity index (χ3v) is 8.22. The number of carbonyl (C=O) groups excluding carboxylic acids is 1. The summed E-state index contributed by atoms with van der Waals surface area (Å²) in [6, 6.07) is 25.3. The third-order valence-electron chi connectivity index (χ3n) is 8.22. The standard InChI is InChI=1S/C33H30N4O2/c1-3-37-27-14-8-7-13-25(27)28(30(37)23-11-5-4-6-12-23)33(31-29(32(38)39-33)34-17-18-35-31)26-16-15-24(21-22(26)2)36-19-9-10-20-36/h4-8,11-18,21H,3,9-10,19-20H2,1-2H3. The first-order valence-corrected chi connectivity index (χ1v) is 13.7. The number of aromatic nitrogens is 3. The molecular formula is C33H30N4O2. The summed E-state index contributed by atoms with van der Waals surface area (Å²) in [5, 5.41) is 1.03. The van der Waals surface area contributed by atoms with Crippen LogP contribution < -0.4 is 4.90 Å². The Balaban J connectivity index is 1.61. The van der Waals surface area contributed by atoms with Gasteiger partial charge in [0.1, 0.15) is 5.69 Å². The predicted octanol–water partition coefficient (Wildman–Crippen LogP) is 6.49. The Kier molecular flexibility index (Phi) is 5.51. The molecule has 3 aromatic carbocycles. The van der Waals surface area contributed by atoms with Crippen molar-refractivity contribution in [2.24, 2.45) is 0 Å². The van der Waals surface area contributed by atoms with Crippen molar-refractivity contribution in [2.75, 3.05) is 18.0 Å². The van der Waals surface area contributed by atoms with E-state index in [4.69, 9.17) is 9.72 Å². The fourth-order valence-corrected chi connectivity index (χ4v) is 6.57. The summed E-state index contributed by atoms with van der Waals surface area (Å²) < 4.78 is 8.89. The first-order valence-electron chi connectivity index (χ1n) is 13.7. The highest BCUT2D eigenvalue weighted by molar-refractivity contribution is 5.99.